The van der Waals surface area contributed by atoms with Crippen LogP contribution in [0.1, 0.15) is 28.6 Å². The van der Waals surface area contributed by atoms with E-state index in [0.717, 1.165) is 49.8 Å². The highest BCUT2D eigenvalue weighted by atomic mass is 16.3. The van der Waals surface area contributed by atoms with Crippen molar-refractivity contribution in [3.63, 3.8) is 0 Å². The summed E-state index contributed by atoms with van der Waals surface area (Å²) in [6.45, 7) is 4.11. The lowest BCUT2D eigenvalue weighted by molar-refractivity contribution is 0.212. The average Bonchev–Trinajstić information content (AvgIpc) is 3.33. The third-order valence-corrected chi connectivity index (χ3v) is 5.31. The van der Waals surface area contributed by atoms with Crippen LogP contribution in [0.2, 0.25) is 0 Å². The molecule has 0 saturated carbocycles. The molecule has 0 radical (unpaired) electrons. The van der Waals surface area contributed by atoms with E-state index in [1.165, 1.54) is 0 Å². The van der Waals surface area contributed by atoms with Crippen molar-refractivity contribution in [3.8, 4) is 11.1 Å². The van der Waals surface area contributed by atoms with Gasteiger partial charge in [0.25, 0.3) is 0 Å². The third-order valence-electron chi connectivity index (χ3n) is 5.31. The smallest absolute Gasteiger partial charge is 0.140 e. The van der Waals surface area contributed by atoms with Gasteiger partial charge in [0.2, 0.25) is 0 Å². The number of nitrogens with zero attached hydrogens (tertiary/aromatic N) is 2. The molecule has 0 aliphatic heterocycles. The Labute approximate surface area is 162 Å². The zero-order chi connectivity index (χ0) is 19.3. The summed E-state index contributed by atoms with van der Waals surface area (Å²) in [5, 5.41) is 12.3. The number of para-hydroxylation sites is 2. The first-order chi connectivity index (χ1) is 13.6. The maximum absolute atomic E-state index is 11.3. The summed E-state index contributed by atoms with van der Waals surface area (Å²) < 4.78 is 0. The van der Waals surface area contributed by atoms with Crippen molar-refractivity contribution in [2.24, 2.45) is 0 Å². The normalized spacial score (nSPS) is 12.7. The monoisotopic (exact) mass is 368 g/mol. The Morgan fingerprint density at radius 3 is 2.68 bits per heavy atom. The minimum absolute atomic E-state index is 0.549. The lowest BCUT2D eigenvalue weighted by atomic mass is 9.92. The van der Waals surface area contributed by atoms with E-state index in [2.05, 4.69) is 32.9 Å². The number of hydrogen-bond acceptors (Lipinski definition) is 3. The number of rotatable bonds is 3. The van der Waals surface area contributed by atoms with Gasteiger partial charge in [0.15, 0.2) is 0 Å². The van der Waals surface area contributed by atoms with Crippen LogP contribution in [0.3, 0.4) is 0 Å². The predicted octanol–water partition coefficient (Wildman–Crippen LogP) is 4.80. The van der Waals surface area contributed by atoms with Gasteiger partial charge in [0, 0.05) is 46.2 Å². The van der Waals surface area contributed by atoms with Gasteiger partial charge in [0.1, 0.15) is 11.9 Å². The number of aryl methyl sites for hydroxylation is 2. The molecule has 0 saturated heterocycles. The lowest BCUT2D eigenvalue weighted by Gasteiger charge is -2.16. The molecule has 3 N–H and O–H groups in total. The molecule has 0 amide bonds. The quantitative estimate of drug-likeness (QED) is 0.428. The first-order valence-electron chi connectivity index (χ1n) is 9.28. The predicted molar refractivity (Wildman–Crippen MR) is 111 cm³/mol. The van der Waals surface area contributed by atoms with E-state index >= 15 is 0 Å². The number of aromatic nitrogens is 4. The van der Waals surface area contributed by atoms with Crippen LogP contribution in [-0.2, 0) is 0 Å². The van der Waals surface area contributed by atoms with E-state index in [1.807, 2.05) is 55.7 Å². The maximum atomic E-state index is 11.3. The zero-order valence-corrected chi connectivity index (χ0v) is 15.7. The summed E-state index contributed by atoms with van der Waals surface area (Å²) in [5.41, 5.74) is 7.86. The third kappa shape index (κ3) is 2.52. The van der Waals surface area contributed by atoms with E-state index in [4.69, 9.17) is 0 Å². The minimum atomic E-state index is -0.860. The number of aliphatic hydroxyl groups excluding tert-OH is 1. The fourth-order valence-electron chi connectivity index (χ4n) is 4.03. The van der Waals surface area contributed by atoms with Gasteiger partial charge in [0.05, 0.1) is 11.0 Å². The molecule has 3 aromatic heterocycles. The molecule has 5 heteroatoms. The van der Waals surface area contributed by atoms with Crippen LogP contribution in [0.4, 0.5) is 0 Å². The van der Waals surface area contributed by atoms with E-state index < -0.39 is 6.10 Å². The summed E-state index contributed by atoms with van der Waals surface area (Å²) in [4.78, 5) is 15.5. The Balaban J connectivity index is 1.77. The first kappa shape index (κ1) is 16.7. The van der Waals surface area contributed by atoms with Crippen molar-refractivity contribution >= 4 is 21.9 Å². The maximum Gasteiger partial charge on any atom is 0.140 e. The second-order valence-electron chi connectivity index (χ2n) is 7.16. The molecule has 0 spiro atoms. The number of imidazole rings is 1. The van der Waals surface area contributed by atoms with Gasteiger partial charge < -0.3 is 15.1 Å². The Morgan fingerprint density at radius 1 is 1.04 bits per heavy atom. The van der Waals surface area contributed by atoms with Crippen molar-refractivity contribution in [1.82, 2.24) is 19.9 Å². The van der Waals surface area contributed by atoms with Gasteiger partial charge >= 0.3 is 0 Å². The Morgan fingerprint density at radius 2 is 1.89 bits per heavy atom. The molecule has 1 unspecified atom stereocenters. The summed E-state index contributed by atoms with van der Waals surface area (Å²) in [6, 6.07) is 13.9. The summed E-state index contributed by atoms with van der Waals surface area (Å²) in [6.07, 6.45) is 4.74. The topological polar surface area (TPSA) is 77.6 Å². The van der Waals surface area contributed by atoms with E-state index in [-0.39, 0.29) is 0 Å². The molecule has 5 rings (SSSR count). The Hall–Kier alpha value is -3.44. The highest BCUT2D eigenvalue weighted by Gasteiger charge is 2.23. The largest absolute Gasteiger partial charge is 0.380 e. The van der Waals surface area contributed by atoms with Crippen LogP contribution < -0.4 is 0 Å². The standard InChI is InChI=1S/C23H20N4O/c1-13-10-14(2)21-20(16(12-25-21)15-6-5-9-24-11-15)19(13)22(28)23-26-17-7-3-4-8-18(17)27-23/h3-12,22,25,28H,1-2H3,(H,26,27). The summed E-state index contributed by atoms with van der Waals surface area (Å²) in [5.74, 6) is 0.549. The van der Waals surface area contributed by atoms with E-state index in [9.17, 15) is 5.11 Å². The fraction of sp³-hybridized carbons (Fsp3) is 0.130. The average molecular weight is 368 g/mol. The zero-order valence-electron chi connectivity index (χ0n) is 15.7. The lowest BCUT2D eigenvalue weighted by Crippen LogP contribution is -2.06. The molecule has 3 heterocycles. The molecule has 138 valence electrons. The highest BCUT2D eigenvalue weighted by molar-refractivity contribution is 6.00. The van der Waals surface area contributed by atoms with Crippen LogP contribution in [0.5, 0.6) is 0 Å². The Bertz CT molecular complexity index is 1270. The molecule has 2 aromatic carbocycles. The van der Waals surface area contributed by atoms with Gasteiger partial charge in [-0.3, -0.25) is 4.98 Å². The molecule has 0 aliphatic carbocycles. The van der Waals surface area contributed by atoms with Crippen LogP contribution in [0.25, 0.3) is 33.1 Å². The van der Waals surface area contributed by atoms with Crippen molar-refractivity contribution in [1.29, 1.82) is 0 Å². The minimum Gasteiger partial charge on any atom is -0.380 e. The molecule has 0 bridgehead atoms. The molecular formula is C23H20N4O. The number of hydrogen-bond donors (Lipinski definition) is 3. The second kappa shape index (κ2) is 6.32. The first-order valence-corrected chi connectivity index (χ1v) is 9.28. The molecule has 5 aromatic rings. The molecular weight excluding hydrogens is 348 g/mol. The number of aromatic amines is 2. The summed E-state index contributed by atoms with van der Waals surface area (Å²) >= 11 is 0. The number of aliphatic hydroxyl groups is 1. The van der Waals surface area contributed by atoms with Gasteiger partial charge in [-0.15, -0.1) is 0 Å². The number of pyridine rings is 1. The van der Waals surface area contributed by atoms with Crippen molar-refractivity contribution in [2.75, 3.05) is 0 Å². The number of nitrogens with one attached hydrogen (secondary N) is 2. The van der Waals surface area contributed by atoms with Crippen molar-refractivity contribution in [2.45, 2.75) is 20.0 Å². The van der Waals surface area contributed by atoms with Crippen molar-refractivity contribution < 1.29 is 5.11 Å². The van der Waals surface area contributed by atoms with Gasteiger partial charge in [-0.1, -0.05) is 24.3 Å². The highest BCUT2D eigenvalue weighted by Crippen LogP contribution is 2.38. The summed E-state index contributed by atoms with van der Waals surface area (Å²) in [7, 11) is 0. The number of benzene rings is 2. The number of fused-ring (bicyclic) bond motifs is 2. The van der Waals surface area contributed by atoms with Crippen LogP contribution >= 0.6 is 0 Å². The Kier molecular flexibility index (Phi) is 3.77. The van der Waals surface area contributed by atoms with Crippen LogP contribution in [0, 0.1) is 13.8 Å². The SMILES string of the molecule is Cc1cc(C)c2[nH]cc(-c3cccnc3)c2c1C(O)c1nc2ccccc2[nH]1. The number of H-pyrrole nitrogens is 2. The van der Waals surface area contributed by atoms with E-state index in [1.54, 1.807) is 6.20 Å². The van der Waals surface area contributed by atoms with Crippen molar-refractivity contribution in [3.05, 3.63) is 83.6 Å². The molecule has 1 atom stereocenters. The van der Waals surface area contributed by atoms with Crippen LogP contribution in [0.15, 0.2) is 61.1 Å². The molecule has 28 heavy (non-hydrogen) atoms. The van der Waals surface area contributed by atoms with E-state index in [0.29, 0.717) is 5.82 Å². The fourth-order valence-corrected chi connectivity index (χ4v) is 4.03. The second-order valence-corrected chi connectivity index (χ2v) is 7.16. The van der Waals surface area contributed by atoms with Gasteiger partial charge in [-0.05, 0) is 43.2 Å². The molecule has 0 aliphatic rings. The molecule has 5 nitrogen and oxygen atoms in total. The van der Waals surface area contributed by atoms with Gasteiger partial charge in [-0.2, -0.15) is 0 Å². The van der Waals surface area contributed by atoms with Crippen LogP contribution in [-0.4, -0.2) is 25.0 Å². The van der Waals surface area contributed by atoms with Gasteiger partial charge in [-0.25, -0.2) is 4.98 Å². The molecule has 0 fully saturated rings.